The van der Waals surface area contributed by atoms with Gasteiger partial charge in [0.2, 0.25) is 0 Å². The van der Waals surface area contributed by atoms with Crippen LogP contribution < -0.4 is 4.72 Å². The first-order valence-electron chi connectivity index (χ1n) is 7.82. The van der Waals surface area contributed by atoms with E-state index in [0.29, 0.717) is 0 Å². The zero-order valence-corrected chi connectivity index (χ0v) is 14.9. The smallest absolute Gasteiger partial charge is 0.120 e. The fourth-order valence-electron chi connectivity index (χ4n) is 3.04. The predicted molar refractivity (Wildman–Crippen MR) is 95.9 cm³/mol. The van der Waals surface area contributed by atoms with E-state index in [9.17, 15) is 8.76 Å². The minimum absolute atomic E-state index is 0.0821. The van der Waals surface area contributed by atoms with Gasteiger partial charge in [0.15, 0.2) is 0 Å². The van der Waals surface area contributed by atoms with Crippen LogP contribution in [0.1, 0.15) is 18.4 Å². The molecule has 0 aliphatic carbocycles. The molecule has 1 aliphatic rings. The van der Waals surface area contributed by atoms with Gasteiger partial charge in [-0.15, -0.1) is 16.1 Å². The zero-order valence-electron chi connectivity index (χ0n) is 13.2. The molecule has 0 spiro atoms. The number of hydrogen-bond acceptors (Lipinski definition) is 4. The number of nitrogens with zero attached hydrogens (tertiary/aromatic N) is 1. The number of thiophene rings is 1. The van der Waals surface area contributed by atoms with Crippen molar-refractivity contribution in [2.45, 2.75) is 25.4 Å². The fraction of sp³-hybridized carbons (Fsp3) is 0.412. The molecule has 1 aromatic carbocycles. The Morgan fingerprint density at radius 1 is 1.30 bits per heavy atom. The third-order valence-electron chi connectivity index (χ3n) is 4.11. The third-order valence-corrected chi connectivity index (χ3v) is 5.79. The number of sulfonamides is 1. The molecule has 3 rings (SSSR count). The molecule has 0 amide bonds. The van der Waals surface area contributed by atoms with Crippen molar-refractivity contribution in [3.05, 3.63) is 47.3 Å². The average Bonchev–Trinajstić information content (AvgIpc) is 3.02. The molecule has 1 aromatic heterocycles. The van der Waals surface area contributed by atoms with E-state index < -0.39 is 10.4 Å². The van der Waals surface area contributed by atoms with Crippen molar-refractivity contribution in [3.8, 4) is 10.4 Å². The molecule has 1 aliphatic heterocycles. The maximum atomic E-state index is 11.3. The number of benzene rings is 1. The van der Waals surface area contributed by atoms with Crippen molar-refractivity contribution in [3.63, 3.8) is 0 Å². The van der Waals surface area contributed by atoms with Crippen molar-refractivity contribution >= 4 is 21.7 Å². The lowest BCUT2D eigenvalue weighted by atomic mass is 10.0. The lowest BCUT2D eigenvalue weighted by molar-refractivity contribution is 0.199. The summed E-state index contributed by atoms with van der Waals surface area (Å²) < 4.78 is 25.3. The lowest BCUT2D eigenvalue weighted by Crippen LogP contribution is -2.45. The predicted octanol–water partition coefficient (Wildman–Crippen LogP) is 3.14. The summed E-state index contributed by atoms with van der Waals surface area (Å²) in [5.74, 6) is 0. The molecule has 23 heavy (non-hydrogen) atoms. The Morgan fingerprint density at radius 3 is 2.74 bits per heavy atom. The maximum Gasteiger partial charge on any atom is 0.120 e. The summed E-state index contributed by atoms with van der Waals surface area (Å²) in [4.78, 5) is 3.69. The molecule has 0 saturated carbocycles. The maximum absolute atomic E-state index is 11.3. The van der Waals surface area contributed by atoms with Crippen LogP contribution >= 0.6 is 11.3 Å². The van der Waals surface area contributed by atoms with Gasteiger partial charge in [0.05, 0.1) is 6.04 Å². The summed E-state index contributed by atoms with van der Waals surface area (Å²) in [5, 5.41) is 2.10. The van der Waals surface area contributed by atoms with Crippen molar-refractivity contribution in [2.24, 2.45) is 0 Å². The van der Waals surface area contributed by atoms with Gasteiger partial charge in [-0.3, -0.25) is 4.90 Å². The molecule has 2 heterocycles. The Kier molecular flexibility index (Phi) is 5.28. The second kappa shape index (κ2) is 7.23. The molecule has 0 radical (unpaired) electrons. The van der Waals surface area contributed by atoms with E-state index in [1.165, 1.54) is 22.3 Å². The zero-order chi connectivity index (χ0) is 16.3. The Labute approximate surface area is 142 Å². The van der Waals surface area contributed by atoms with Crippen LogP contribution in [0.3, 0.4) is 0 Å². The first-order chi connectivity index (χ1) is 11.0. The topological polar surface area (TPSA) is 55.4 Å². The molecule has 1 atom stereocenters. The van der Waals surface area contributed by atoms with E-state index >= 15 is 0 Å². The van der Waals surface area contributed by atoms with Crippen LogP contribution in [0.2, 0.25) is 0 Å². The molecular weight excluding hydrogens is 328 g/mol. The van der Waals surface area contributed by atoms with Crippen LogP contribution in [0.25, 0.3) is 10.4 Å². The Hall–Kier alpha value is -1.05. The highest BCUT2D eigenvalue weighted by Gasteiger charge is 2.23. The van der Waals surface area contributed by atoms with Gasteiger partial charge in [0, 0.05) is 24.5 Å². The number of hydrogen-bond donors (Lipinski definition) is 1. The molecule has 4 nitrogen and oxygen atoms in total. The van der Waals surface area contributed by atoms with Gasteiger partial charge in [0.25, 0.3) is 0 Å². The van der Waals surface area contributed by atoms with E-state index in [1.54, 1.807) is 11.3 Å². The van der Waals surface area contributed by atoms with E-state index in [-0.39, 0.29) is 6.04 Å². The van der Waals surface area contributed by atoms with E-state index in [1.807, 2.05) is 0 Å². The van der Waals surface area contributed by atoms with Crippen molar-refractivity contribution in [2.75, 3.05) is 19.3 Å². The van der Waals surface area contributed by atoms with Crippen LogP contribution in [0.15, 0.2) is 41.8 Å². The normalized spacial score (nSPS) is 19.6. The minimum Gasteiger partial charge on any atom is -0.598 e. The van der Waals surface area contributed by atoms with E-state index in [2.05, 4.69) is 51.4 Å². The molecule has 1 unspecified atom stereocenters. The summed E-state index contributed by atoms with van der Waals surface area (Å²) in [7, 11) is -3.10. The van der Waals surface area contributed by atoms with Gasteiger partial charge in [0.1, 0.15) is 16.7 Å². The summed E-state index contributed by atoms with van der Waals surface area (Å²) in [6.07, 6.45) is 2.98. The third kappa shape index (κ3) is 4.96. The lowest BCUT2D eigenvalue weighted by Gasteiger charge is -2.32. The van der Waals surface area contributed by atoms with Crippen molar-refractivity contribution in [1.29, 1.82) is 0 Å². The number of nitrogens with one attached hydrogen (secondary N) is 1. The SMILES string of the molecule is C[S+](=O)([O-])NC1CCN(Cc2cccc(-c3cccs3)c2)CC1. The van der Waals surface area contributed by atoms with E-state index in [4.69, 9.17) is 0 Å². The second-order valence-corrected chi connectivity index (χ2v) is 8.85. The highest BCUT2D eigenvalue weighted by atomic mass is 32.3. The molecule has 124 valence electrons. The number of piperidine rings is 1. The number of likely N-dealkylation sites (tertiary alicyclic amines) is 1. The van der Waals surface area contributed by atoms with Gasteiger partial charge in [-0.25, -0.2) is 0 Å². The van der Waals surface area contributed by atoms with Gasteiger partial charge in [-0.05, 0) is 41.5 Å². The Morgan fingerprint density at radius 2 is 2.09 bits per heavy atom. The summed E-state index contributed by atoms with van der Waals surface area (Å²) >= 11 is 1.76. The highest BCUT2D eigenvalue weighted by molar-refractivity contribution is 7.95. The standard InChI is InChI=1S/C17H22N2O2S2/c1-23(20,21)18-16-7-9-19(10-8-16)13-14-4-2-5-15(12-14)17-6-3-11-22-17/h2-6,11-12,16H,7-10,13H2,1H3,(H-,18,20,21). The molecule has 1 N–H and O–H groups in total. The first kappa shape index (κ1) is 16.8. The summed E-state index contributed by atoms with van der Waals surface area (Å²) in [6.45, 7) is 2.78. The van der Waals surface area contributed by atoms with Gasteiger partial charge < -0.3 is 4.55 Å². The quantitative estimate of drug-likeness (QED) is 0.843. The van der Waals surface area contributed by atoms with Crippen LogP contribution in [0.4, 0.5) is 0 Å². The van der Waals surface area contributed by atoms with Gasteiger partial charge in [-0.1, -0.05) is 28.5 Å². The Bertz CT molecular complexity index is 674. The van der Waals surface area contributed by atoms with Crippen molar-refractivity contribution < 1.29 is 8.76 Å². The highest BCUT2D eigenvalue weighted by Crippen LogP contribution is 2.26. The van der Waals surface area contributed by atoms with Crippen molar-refractivity contribution in [1.82, 2.24) is 9.62 Å². The summed E-state index contributed by atoms with van der Waals surface area (Å²) in [6, 6.07) is 13.0. The van der Waals surface area contributed by atoms with E-state index in [0.717, 1.165) is 32.5 Å². The fourth-order valence-corrected chi connectivity index (χ4v) is 4.60. The van der Waals surface area contributed by atoms with Gasteiger partial charge >= 0.3 is 0 Å². The van der Waals surface area contributed by atoms with Crippen LogP contribution in [0, 0.1) is 0 Å². The molecule has 1 fully saturated rings. The van der Waals surface area contributed by atoms with Crippen LogP contribution in [0.5, 0.6) is 0 Å². The average molecular weight is 351 g/mol. The molecule has 6 heteroatoms. The molecule has 2 aromatic rings. The molecule has 1 saturated heterocycles. The summed E-state index contributed by atoms with van der Waals surface area (Å²) in [5.41, 5.74) is 2.58. The van der Waals surface area contributed by atoms with Crippen LogP contribution in [-0.2, 0) is 21.2 Å². The molecular formula is C17H22N2O2S2. The first-order valence-corrected chi connectivity index (χ1v) is 10.6. The second-order valence-electron chi connectivity index (χ2n) is 6.12. The van der Waals surface area contributed by atoms with Gasteiger partial charge in [-0.2, -0.15) is 0 Å². The van der Waals surface area contributed by atoms with Crippen LogP contribution in [-0.4, -0.2) is 34.8 Å². The largest absolute Gasteiger partial charge is 0.598 e. The minimum atomic E-state index is -3.10. The number of rotatable bonds is 5. The Balaban J connectivity index is 1.57. The monoisotopic (exact) mass is 350 g/mol. The molecule has 0 bridgehead atoms.